The molecule has 3 fully saturated rings. The Morgan fingerprint density at radius 2 is 1.75 bits per heavy atom. The van der Waals surface area contributed by atoms with Crippen molar-refractivity contribution in [1.82, 2.24) is 14.9 Å². The predicted molar refractivity (Wildman–Crippen MR) is 75.1 cm³/mol. The zero-order valence-corrected chi connectivity index (χ0v) is 11.8. The van der Waals surface area contributed by atoms with E-state index in [0.717, 1.165) is 19.0 Å². The van der Waals surface area contributed by atoms with Crippen LogP contribution in [0.1, 0.15) is 32.1 Å². The average Bonchev–Trinajstić information content (AvgIpc) is 3.29. The molecule has 1 aromatic heterocycles. The first-order chi connectivity index (χ1) is 9.75. The van der Waals surface area contributed by atoms with Gasteiger partial charge in [0, 0.05) is 31.7 Å². The van der Waals surface area contributed by atoms with Crippen LogP contribution in [0.25, 0.3) is 0 Å². The summed E-state index contributed by atoms with van der Waals surface area (Å²) in [6.07, 6.45) is 9.12. The fourth-order valence-corrected chi connectivity index (χ4v) is 3.64. The summed E-state index contributed by atoms with van der Waals surface area (Å²) >= 11 is 0. The summed E-state index contributed by atoms with van der Waals surface area (Å²) in [6.45, 7) is 4.58. The van der Waals surface area contributed by atoms with Crippen LogP contribution >= 0.6 is 0 Å². The van der Waals surface area contributed by atoms with Gasteiger partial charge in [-0.15, -0.1) is 0 Å². The van der Waals surface area contributed by atoms with E-state index < -0.39 is 0 Å². The highest BCUT2D eigenvalue weighted by Gasteiger charge is 2.47. The zero-order chi connectivity index (χ0) is 13.6. The highest BCUT2D eigenvalue weighted by Crippen LogP contribution is 2.43. The standard InChI is InChI=1S/C15H21FN4/c16-13-9-17-14(18-10-13)19-6-3-15(4-7-19)5-8-20(15)11-12-1-2-12/h9-10,12H,1-8,11H2. The topological polar surface area (TPSA) is 32.3 Å². The SMILES string of the molecule is Fc1cnc(N2CCC3(CC2)CCN3CC2CC2)nc1. The fraction of sp³-hybridized carbons (Fsp3) is 0.733. The second-order valence-electron chi connectivity index (χ2n) is 6.55. The number of halogens is 1. The summed E-state index contributed by atoms with van der Waals surface area (Å²) in [6, 6.07) is 0. The summed E-state index contributed by atoms with van der Waals surface area (Å²) in [4.78, 5) is 13.1. The maximum absolute atomic E-state index is 12.9. The minimum Gasteiger partial charge on any atom is -0.341 e. The van der Waals surface area contributed by atoms with Gasteiger partial charge in [0.05, 0.1) is 12.4 Å². The number of hydrogen-bond donors (Lipinski definition) is 0. The number of aromatic nitrogens is 2. The minimum absolute atomic E-state index is 0.364. The molecule has 2 saturated heterocycles. The van der Waals surface area contributed by atoms with Crippen LogP contribution in [-0.2, 0) is 0 Å². The largest absolute Gasteiger partial charge is 0.341 e. The molecule has 0 amide bonds. The first-order valence-electron chi connectivity index (χ1n) is 7.73. The quantitative estimate of drug-likeness (QED) is 0.846. The molecule has 1 saturated carbocycles. The van der Waals surface area contributed by atoms with Crippen molar-refractivity contribution in [2.45, 2.75) is 37.6 Å². The van der Waals surface area contributed by atoms with Gasteiger partial charge in [0.25, 0.3) is 0 Å². The van der Waals surface area contributed by atoms with Gasteiger partial charge >= 0.3 is 0 Å². The van der Waals surface area contributed by atoms with Crippen LogP contribution in [-0.4, -0.2) is 46.6 Å². The second kappa shape index (κ2) is 4.65. The van der Waals surface area contributed by atoms with Crippen molar-refractivity contribution >= 4 is 5.95 Å². The molecule has 2 aliphatic heterocycles. The molecule has 3 aliphatic rings. The number of hydrogen-bond acceptors (Lipinski definition) is 4. The number of piperidine rings is 1. The molecule has 1 aromatic rings. The van der Waals surface area contributed by atoms with Crippen molar-refractivity contribution in [1.29, 1.82) is 0 Å². The van der Waals surface area contributed by atoms with Gasteiger partial charge < -0.3 is 4.90 Å². The van der Waals surface area contributed by atoms with E-state index in [2.05, 4.69) is 19.8 Å². The van der Waals surface area contributed by atoms with E-state index >= 15 is 0 Å². The predicted octanol–water partition coefficient (Wildman–Crippen LogP) is 2.07. The molecule has 0 unspecified atom stereocenters. The van der Waals surface area contributed by atoms with Crippen molar-refractivity contribution in [3.8, 4) is 0 Å². The Balaban J connectivity index is 1.38. The summed E-state index contributed by atoms with van der Waals surface area (Å²) in [5, 5.41) is 0. The van der Waals surface area contributed by atoms with Crippen molar-refractivity contribution in [3.05, 3.63) is 18.2 Å². The molecule has 5 heteroatoms. The van der Waals surface area contributed by atoms with Gasteiger partial charge in [0.2, 0.25) is 5.95 Å². The van der Waals surface area contributed by atoms with Gasteiger partial charge in [-0.05, 0) is 38.0 Å². The lowest BCUT2D eigenvalue weighted by Gasteiger charge is -2.56. The second-order valence-corrected chi connectivity index (χ2v) is 6.55. The molecule has 0 aromatic carbocycles. The van der Waals surface area contributed by atoms with Crippen LogP contribution in [0.15, 0.2) is 12.4 Å². The molecule has 0 atom stereocenters. The maximum Gasteiger partial charge on any atom is 0.225 e. The summed E-state index contributed by atoms with van der Waals surface area (Å²) < 4.78 is 12.9. The summed E-state index contributed by atoms with van der Waals surface area (Å²) in [5.41, 5.74) is 0.457. The van der Waals surface area contributed by atoms with Crippen LogP contribution < -0.4 is 4.90 Å². The third kappa shape index (κ3) is 2.18. The van der Waals surface area contributed by atoms with Crippen molar-refractivity contribution in [2.75, 3.05) is 31.1 Å². The molecule has 0 N–H and O–H groups in total. The molecule has 1 spiro atoms. The average molecular weight is 276 g/mol. The molecule has 3 heterocycles. The molecule has 20 heavy (non-hydrogen) atoms. The number of nitrogens with zero attached hydrogens (tertiary/aromatic N) is 4. The smallest absolute Gasteiger partial charge is 0.225 e. The highest BCUT2D eigenvalue weighted by atomic mass is 19.1. The van der Waals surface area contributed by atoms with E-state index in [-0.39, 0.29) is 5.82 Å². The van der Waals surface area contributed by atoms with Crippen molar-refractivity contribution < 1.29 is 4.39 Å². The van der Waals surface area contributed by atoms with E-state index in [9.17, 15) is 4.39 Å². The molecule has 0 radical (unpaired) electrons. The maximum atomic E-state index is 12.9. The van der Waals surface area contributed by atoms with Crippen LogP contribution in [0.4, 0.5) is 10.3 Å². The third-order valence-corrected chi connectivity index (χ3v) is 5.28. The van der Waals surface area contributed by atoms with Crippen molar-refractivity contribution in [3.63, 3.8) is 0 Å². The Hall–Kier alpha value is -1.23. The Labute approximate surface area is 119 Å². The molecule has 4 rings (SSSR count). The normalized spacial score (nSPS) is 25.8. The molecular formula is C15H21FN4. The Morgan fingerprint density at radius 1 is 1.10 bits per heavy atom. The highest BCUT2D eigenvalue weighted by molar-refractivity contribution is 5.30. The number of anilines is 1. The summed E-state index contributed by atoms with van der Waals surface area (Å²) in [7, 11) is 0. The van der Waals surface area contributed by atoms with Gasteiger partial charge in [-0.1, -0.05) is 0 Å². The number of rotatable bonds is 3. The first-order valence-corrected chi connectivity index (χ1v) is 7.73. The summed E-state index contributed by atoms with van der Waals surface area (Å²) in [5.74, 6) is 1.29. The van der Waals surface area contributed by atoms with Gasteiger partial charge in [-0.2, -0.15) is 0 Å². The van der Waals surface area contributed by atoms with Crippen molar-refractivity contribution in [2.24, 2.45) is 5.92 Å². The Morgan fingerprint density at radius 3 is 2.30 bits per heavy atom. The van der Waals surface area contributed by atoms with Crippen LogP contribution in [0.5, 0.6) is 0 Å². The number of likely N-dealkylation sites (tertiary alicyclic amines) is 1. The van der Waals surface area contributed by atoms with Crippen LogP contribution in [0.3, 0.4) is 0 Å². The Kier molecular flexibility index (Phi) is 2.91. The van der Waals surface area contributed by atoms with E-state index in [1.54, 1.807) is 0 Å². The Bertz CT molecular complexity index is 477. The van der Waals surface area contributed by atoms with Crippen LogP contribution in [0, 0.1) is 11.7 Å². The third-order valence-electron chi connectivity index (χ3n) is 5.28. The van der Waals surface area contributed by atoms with E-state index in [4.69, 9.17) is 0 Å². The molecule has 0 bridgehead atoms. The molecule has 1 aliphatic carbocycles. The van der Waals surface area contributed by atoms with E-state index in [1.165, 1.54) is 57.6 Å². The molecular weight excluding hydrogens is 255 g/mol. The molecule has 108 valence electrons. The minimum atomic E-state index is -0.364. The fourth-order valence-electron chi connectivity index (χ4n) is 3.64. The van der Waals surface area contributed by atoms with Gasteiger partial charge in [-0.25, -0.2) is 14.4 Å². The van der Waals surface area contributed by atoms with Gasteiger partial charge in [-0.3, -0.25) is 4.90 Å². The van der Waals surface area contributed by atoms with Gasteiger partial charge in [0.1, 0.15) is 0 Å². The zero-order valence-electron chi connectivity index (χ0n) is 11.8. The van der Waals surface area contributed by atoms with Gasteiger partial charge in [0.15, 0.2) is 5.82 Å². The van der Waals surface area contributed by atoms with E-state index in [1.807, 2.05) is 0 Å². The lowest BCUT2D eigenvalue weighted by molar-refractivity contribution is -0.0361. The van der Waals surface area contributed by atoms with E-state index in [0.29, 0.717) is 11.5 Å². The molecule has 4 nitrogen and oxygen atoms in total. The monoisotopic (exact) mass is 276 g/mol. The first kappa shape index (κ1) is 12.5. The lowest BCUT2D eigenvalue weighted by Crippen LogP contribution is -2.64. The lowest BCUT2D eigenvalue weighted by atomic mass is 9.76. The van der Waals surface area contributed by atoms with Crippen LogP contribution in [0.2, 0.25) is 0 Å².